The Morgan fingerprint density at radius 1 is 1.28 bits per heavy atom. The summed E-state index contributed by atoms with van der Waals surface area (Å²) < 4.78 is 4.72. The van der Waals surface area contributed by atoms with E-state index in [1.807, 2.05) is 32.0 Å². The van der Waals surface area contributed by atoms with Gasteiger partial charge in [0.25, 0.3) is 5.78 Å². The molecule has 0 spiro atoms. The number of H-pyrrole nitrogens is 1. The number of aryl methyl sites for hydroxylation is 2. The van der Waals surface area contributed by atoms with E-state index in [0.717, 1.165) is 22.0 Å². The van der Waals surface area contributed by atoms with Gasteiger partial charge in [0, 0.05) is 10.9 Å². The van der Waals surface area contributed by atoms with Gasteiger partial charge in [-0.05, 0) is 38.0 Å². The first kappa shape index (κ1) is 12.4. The molecule has 0 atom stereocenters. The van der Waals surface area contributed by atoms with Crippen LogP contribution < -0.4 is 0 Å². The normalized spacial score (nSPS) is 10.6. The summed E-state index contributed by atoms with van der Waals surface area (Å²) in [4.78, 5) is 26.3. The molecule has 2 rings (SSSR count). The molecular formula is C14H15NO3. The Bertz CT molecular complexity index is 625. The maximum Gasteiger partial charge on any atom is 0.381 e. The fraction of sp³-hybridized carbons (Fsp3) is 0.286. The van der Waals surface area contributed by atoms with Crippen molar-refractivity contribution in [3.63, 3.8) is 0 Å². The van der Waals surface area contributed by atoms with Crippen LogP contribution in [-0.2, 0) is 9.53 Å². The van der Waals surface area contributed by atoms with Crippen LogP contribution in [0.5, 0.6) is 0 Å². The van der Waals surface area contributed by atoms with Gasteiger partial charge in [-0.25, -0.2) is 4.79 Å². The van der Waals surface area contributed by atoms with Crippen molar-refractivity contribution in [1.82, 2.24) is 4.98 Å². The average Bonchev–Trinajstić information content (AvgIpc) is 2.65. The van der Waals surface area contributed by atoms with Crippen molar-refractivity contribution >= 4 is 22.7 Å². The molecule has 4 heteroatoms. The number of fused-ring (bicyclic) bond motifs is 1. The average molecular weight is 245 g/mol. The van der Waals surface area contributed by atoms with Crippen molar-refractivity contribution < 1.29 is 14.3 Å². The van der Waals surface area contributed by atoms with Crippen LogP contribution in [0.4, 0.5) is 0 Å². The second-order valence-corrected chi connectivity index (χ2v) is 4.22. The van der Waals surface area contributed by atoms with Crippen LogP contribution in [0, 0.1) is 13.8 Å². The van der Waals surface area contributed by atoms with Crippen molar-refractivity contribution in [1.29, 1.82) is 0 Å². The van der Waals surface area contributed by atoms with Gasteiger partial charge in [0.1, 0.15) is 0 Å². The predicted octanol–water partition coefficient (Wildman–Crippen LogP) is 2.53. The molecule has 0 aliphatic heterocycles. The number of ether oxygens (including phenoxy) is 1. The van der Waals surface area contributed by atoms with Crippen LogP contribution in [0.25, 0.3) is 10.9 Å². The number of rotatable bonds is 3. The smallest absolute Gasteiger partial charge is 0.381 e. The Morgan fingerprint density at radius 3 is 2.67 bits per heavy atom. The molecule has 0 aliphatic carbocycles. The number of carbonyl (C=O) groups is 2. The second-order valence-electron chi connectivity index (χ2n) is 4.22. The molecular weight excluding hydrogens is 230 g/mol. The summed E-state index contributed by atoms with van der Waals surface area (Å²) in [5.74, 6) is -1.44. The van der Waals surface area contributed by atoms with Crippen LogP contribution in [0.1, 0.15) is 28.5 Å². The summed E-state index contributed by atoms with van der Waals surface area (Å²) in [6.45, 7) is 5.67. The minimum Gasteiger partial charge on any atom is -0.460 e. The fourth-order valence-corrected chi connectivity index (χ4v) is 1.98. The molecule has 2 aromatic rings. The summed E-state index contributed by atoms with van der Waals surface area (Å²) in [5, 5.41) is 0.952. The summed E-state index contributed by atoms with van der Waals surface area (Å²) in [5.41, 5.74) is 3.05. The predicted molar refractivity (Wildman–Crippen MR) is 68.7 cm³/mol. The SMILES string of the molecule is CCOC(=O)C(=O)c1[nH]c2cc(C)ccc2c1C. The summed E-state index contributed by atoms with van der Waals surface area (Å²) >= 11 is 0. The number of ketones is 1. The highest BCUT2D eigenvalue weighted by atomic mass is 16.5. The van der Waals surface area contributed by atoms with Crippen LogP contribution in [-0.4, -0.2) is 23.3 Å². The maximum absolute atomic E-state index is 11.9. The van der Waals surface area contributed by atoms with E-state index in [4.69, 9.17) is 4.74 Å². The van der Waals surface area contributed by atoms with Gasteiger partial charge in [0.15, 0.2) is 0 Å². The van der Waals surface area contributed by atoms with E-state index in [2.05, 4.69) is 4.98 Å². The lowest BCUT2D eigenvalue weighted by Crippen LogP contribution is -2.18. The Morgan fingerprint density at radius 2 is 2.00 bits per heavy atom. The van der Waals surface area contributed by atoms with Crippen molar-refractivity contribution in [3.05, 3.63) is 35.0 Å². The van der Waals surface area contributed by atoms with E-state index in [0.29, 0.717) is 5.69 Å². The lowest BCUT2D eigenvalue weighted by atomic mass is 10.1. The second kappa shape index (κ2) is 4.64. The third-order valence-electron chi connectivity index (χ3n) is 2.90. The standard InChI is InChI=1S/C14H15NO3/c1-4-18-14(17)13(16)12-9(3)10-6-5-8(2)7-11(10)15-12/h5-7,15H,4H2,1-3H3. The van der Waals surface area contributed by atoms with Gasteiger partial charge in [0.2, 0.25) is 0 Å². The molecule has 0 saturated heterocycles. The largest absolute Gasteiger partial charge is 0.460 e. The molecule has 4 nitrogen and oxygen atoms in total. The van der Waals surface area contributed by atoms with Gasteiger partial charge in [-0.3, -0.25) is 4.79 Å². The van der Waals surface area contributed by atoms with Crippen molar-refractivity contribution in [2.45, 2.75) is 20.8 Å². The van der Waals surface area contributed by atoms with Crippen molar-refractivity contribution in [3.8, 4) is 0 Å². The lowest BCUT2D eigenvalue weighted by Gasteiger charge is -1.99. The topological polar surface area (TPSA) is 59.2 Å². The molecule has 18 heavy (non-hydrogen) atoms. The Labute approximate surface area is 105 Å². The Hall–Kier alpha value is -2.10. The molecule has 0 unspecified atom stereocenters. The highest BCUT2D eigenvalue weighted by Gasteiger charge is 2.22. The number of Topliss-reactive ketones (excluding diaryl/α,β-unsaturated/α-hetero) is 1. The van der Waals surface area contributed by atoms with Crippen LogP contribution >= 0.6 is 0 Å². The van der Waals surface area contributed by atoms with Gasteiger partial charge in [-0.2, -0.15) is 0 Å². The number of benzene rings is 1. The zero-order valence-electron chi connectivity index (χ0n) is 10.7. The number of carbonyl (C=O) groups excluding carboxylic acids is 2. The molecule has 0 amide bonds. The zero-order chi connectivity index (χ0) is 13.3. The molecule has 0 saturated carbocycles. The molecule has 0 bridgehead atoms. The number of hydrogen-bond donors (Lipinski definition) is 1. The molecule has 0 fully saturated rings. The first-order chi connectivity index (χ1) is 8.54. The Kier molecular flexibility index (Phi) is 3.19. The lowest BCUT2D eigenvalue weighted by molar-refractivity contribution is -0.137. The van der Waals surface area contributed by atoms with Gasteiger partial charge >= 0.3 is 5.97 Å². The maximum atomic E-state index is 11.9. The Balaban J connectivity index is 2.49. The minimum atomic E-state index is -0.816. The summed E-state index contributed by atoms with van der Waals surface area (Å²) in [6, 6.07) is 5.87. The zero-order valence-corrected chi connectivity index (χ0v) is 10.7. The highest BCUT2D eigenvalue weighted by Crippen LogP contribution is 2.23. The quantitative estimate of drug-likeness (QED) is 0.513. The van der Waals surface area contributed by atoms with Gasteiger partial charge in [-0.1, -0.05) is 12.1 Å². The molecule has 94 valence electrons. The van der Waals surface area contributed by atoms with Gasteiger partial charge in [0.05, 0.1) is 12.3 Å². The van der Waals surface area contributed by atoms with Crippen molar-refractivity contribution in [2.24, 2.45) is 0 Å². The minimum absolute atomic E-state index is 0.197. The van der Waals surface area contributed by atoms with E-state index >= 15 is 0 Å². The number of hydrogen-bond acceptors (Lipinski definition) is 3. The number of nitrogens with one attached hydrogen (secondary N) is 1. The summed E-state index contributed by atoms with van der Waals surface area (Å²) in [7, 11) is 0. The molecule has 1 aromatic carbocycles. The number of aromatic amines is 1. The molecule has 0 aliphatic rings. The number of esters is 1. The van der Waals surface area contributed by atoms with E-state index in [-0.39, 0.29) is 6.61 Å². The van der Waals surface area contributed by atoms with Gasteiger partial charge in [-0.15, -0.1) is 0 Å². The van der Waals surface area contributed by atoms with E-state index in [1.165, 1.54) is 0 Å². The molecule has 1 heterocycles. The van der Waals surface area contributed by atoms with E-state index in [9.17, 15) is 9.59 Å². The van der Waals surface area contributed by atoms with E-state index in [1.54, 1.807) is 6.92 Å². The molecule has 0 radical (unpaired) electrons. The molecule has 1 N–H and O–H groups in total. The van der Waals surface area contributed by atoms with E-state index < -0.39 is 11.8 Å². The van der Waals surface area contributed by atoms with Crippen LogP contribution in [0.2, 0.25) is 0 Å². The summed E-state index contributed by atoms with van der Waals surface area (Å²) in [6.07, 6.45) is 0. The monoisotopic (exact) mass is 245 g/mol. The number of aromatic nitrogens is 1. The van der Waals surface area contributed by atoms with Crippen LogP contribution in [0.3, 0.4) is 0 Å². The first-order valence-electron chi connectivity index (χ1n) is 5.85. The third-order valence-corrected chi connectivity index (χ3v) is 2.90. The fourth-order valence-electron chi connectivity index (χ4n) is 1.98. The third kappa shape index (κ3) is 2.01. The van der Waals surface area contributed by atoms with Crippen molar-refractivity contribution in [2.75, 3.05) is 6.61 Å². The van der Waals surface area contributed by atoms with Gasteiger partial charge < -0.3 is 9.72 Å². The first-order valence-corrected chi connectivity index (χ1v) is 5.85. The van der Waals surface area contributed by atoms with Crippen LogP contribution in [0.15, 0.2) is 18.2 Å². The molecule has 1 aromatic heterocycles. The highest BCUT2D eigenvalue weighted by molar-refractivity contribution is 6.41.